The maximum atomic E-state index is 11.7. The fraction of sp³-hybridized carbons (Fsp3) is 0.154. The number of amides is 1. The number of benzene rings is 1. The van der Waals surface area contributed by atoms with E-state index in [4.69, 9.17) is 10.2 Å². The summed E-state index contributed by atoms with van der Waals surface area (Å²) in [6.45, 7) is 2.04. The predicted octanol–water partition coefficient (Wildman–Crippen LogP) is 2.68. The van der Waals surface area contributed by atoms with Gasteiger partial charge in [0.05, 0.1) is 11.8 Å². The molecule has 1 amide bonds. The van der Waals surface area contributed by atoms with Gasteiger partial charge in [0.25, 0.3) is 5.91 Å². The largest absolute Gasteiger partial charge is 0.472 e. The van der Waals surface area contributed by atoms with Crippen LogP contribution in [0.15, 0.2) is 41.2 Å². The second-order valence-electron chi connectivity index (χ2n) is 3.73. The molecule has 2 aromatic rings. The average Bonchev–Trinajstić information content (AvgIpc) is 2.82. The summed E-state index contributed by atoms with van der Waals surface area (Å²) in [6.07, 6.45) is 3.74. The summed E-state index contributed by atoms with van der Waals surface area (Å²) in [5.74, 6) is -0.206. The van der Waals surface area contributed by atoms with Crippen LogP contribution in [-0.4, -0.2) is 5.91 Å². The Morgan fingerprint density at radius 2 is 2.24 bits per heavy atom. The number of nitrogens with two attached hydrogens (primary N) is 1. The summed E-state index contributed by atoms with van der Waals surface area (Å²) < 4.78 is 4.85. The summed E-state index contributed by atoms with van der Waals surface area (Å²) in [5, 5.41) is 2.76. The zero-order valence-corrected chi connectivity index (χ0v) is 9.57. The molecule has 0 aliphatic carbocycles. The molecule has 0 bridgehead atoms. The molecule has 1 heterocycles. The van der Waals surface area contributed by atoms with Gasteiger partial charge < -0.3 is 15.5 Å². The van der Waals surface area contributed by atoms with Crippen LogP contribution in [0.2, 0.25) is 0 Å². The standard InChI is InChI=1S/C13H14N2O2/c1-2-9-3-4-11(7-12(9)14)15-13(16)10-5-6-17-8-10/h3-8H,2,14H2,1H3,(H,15,16). The number of hydrogen-bond donors (Lipinski definition) is 2. The molecule has 88 valence electrons. The van der Waals surface area contributed by atoms with Crippen LogP contribution in [0.5, 0.6) is 0 Å². The fourth-order valence-electron chi connectivity index (χ4n) is 1.59. The Labute approximate surface area is 99.4 Å². The molecule has 17 heavy (non-hydrogen) atoms. The van der Waals surface area contributed by atoms with Crippen LogP contribution in [0, 0.1) is 0 Å². The highest BCUT2D eigenvalue weighted by Crippen LogP contribution is 2.19. The fourth-order valence-corrected chi connectivity index (χ4v) is 1.59. The molecule has 4 nitrogen and oxygen atoms in total. The number of anilines is 2. The van der Waals surface area contributed by atoms with Crippen LogP contribution >= 0.6 is 0 Å². The lowest BCUT2D eigenvalue weighted by Gasteiger charge is -2.07. The van der Waals surface area contributed by atoms with Crippen LogP contribution in [-0.2, 0) is 6.42 Å². The molecule has 0 atom stereocenters. The van der Waals surface area contributed by atoms with Crippen molar-refractivity contribution in [2.45, 2.75) is 13.3 Å². The summed E-state index contributed by atoms with van der Waals surface area (Å²) >= 11 is 0. The molecule has 4 heteroatoms. The zero-order chi connectivity index (χ0) is 12.3. The van der Waals surface area contributed by atoms with Crippen molar-refractivity contribution in [1.29, 1.82) is 0 Å². The van der Waals surface area contributed by atoms with Gasteiger partial charge in [0, 0.05) is 11.4 Å². The summed E-state index contributed by atoms with van der Waals surface area (Å²) in [6, 6.07) is 7.13. The molecule has 1 aromatic heterocycles. The minimum atomic E-state index is -0.206. The third kappa shape index (κ3) is 2.47. The van der Waals surface area contributed by atoms with E-state index in [1.807, 2.05) is 19.1 Å². The number of nitrogen functional groups attached to an aromatic ring is 1. The van der Waals surface area contributed by atoms with Gasteiger partial charge in [-0.15, -0.1) is 0 Å². The van der Waals surface area contributed by atoms with E-state index in [9.17, 15) is 4.79 Å². The van der Waals surface area contributed by atoms with Crippen molar-refractivity contribution in [3.8, 4) is 0 Å². The van der Waals surface area contributed by atoms with Gasteiger partial charge in [-0.3, -0.25) is 4.79 Å². The van der Waals surface area contributed by atoms with Crippen LogP contribution in [0.4, 0.5) is 11.4 Å². The lowest BCUT2D eigenvalue weighted by molar-refractivity contribution is 0.102. The minimum Gasteiger partial charge on any atom is -0.472 e. The second kappa shape index (κ2) is 4.74. The van der Waals surface area contributed by atoms with Crippen molar-refractivity contribution < 1.29 is 9.21 Å². The smallest absolute Gasteiger partial charge is 0.258 e. The first-order chi connectivity index (χ1) is 8.20. The molecular formula is C13H14N2O2. The second-order valence-corrected chi connectivity index (χ2v) is 3.73. The van der Waals surface area contributed by atoms with E-state index < -0.39 is 0 Å². The van der Waals surface area contributed by atoms with Crippen LogP contribution in [0.3, 0.4) is 0 Å². The van der Waals surface area contributed by atoms with Crippen molar-refractivity contribution in [2.24, 2.45) is 0 Å². The van der Waals surface area contributed by atoms with E-state index in [1.165, 1.54) is 12.5 Å². The quantitative estimate of drug-likeness (QED) is 0.796. The molecular weight excluding hydrogens is 216 g/mol. The van der Waals surface area contributed by atoms with Crippen molar-refractivity contribution in [3.63, 3.8) is 0 Å². The summed E-state index contributed by atoms with van der Waals surface area (Å²) in [4.78, 5) is 11.7. The Morgan fingerprint density at radius 3 is 2.82 bits per heavy atom. The highest BCUT2D eigenvalue weighted by molar-refractivity contribution is 6.04. The van der Waals surface area contributed by atoms with Gasteiger partial charge in [-0.25, -0.2) is 0 Å². The maximum absolute atomic E-state index is 11.7. The highest BCUT2D eigenvalue weighted by atomic mass is 16.3. The number of nitrogens with one attached hydrogen (secondary N) is 1. The van der Waals surface area contributed by atoms with Gasteiger partial charge in [0.1, 0.15) is 6.26 Å². The van der Waals surface area contributed by atoms with E-state index in [0.29, 0.717) is 16.9 Å². The predicted molar refractivity (Wildman–Crippen MR) is 66.9 cm³/mol. The summed E-state index contributed by atoms with van der Waals surface area (Å²) in [5.41, 5.74) is 8.80. The molecule has 0 spiro atoms. The SMILES string of the molecule is CCc1ccc(NC(=O)c2ccoc2)cc1N. The highest BCUT2D eigenvalue weighted by Gasteiger charge is 2.07. The van der Waals surface area contributed by atoms with Crippen LogP contribution in [0.25, 0.3) is 0 Å². The Bertz CT molecular complexity index is 518. The Kier molecular flexibility index (Phi) is 3.14. The van der Waals surface area contributed by atoms with Gasteiger partial charge in [-0.05, 0) is 30.2 Å². The first kappa shape index (κ1) is 11.3. The molecule has 0 fully saturated rings. The van der Waals surface area contributed by atoms with Crippen LogP contribution in [0.1, 0.15) is 22.8 Å². The lowest BCUT2D eigenvalue weighted by atomic mass is 10.1. The Hall–Kier alpha value is -2.23. The zero-order valence-electron chi connectivity index (χ0n) is 9.57. The van der Waals surface area contributed by atoms with E-state index in [-0.39, 0.29) is 5.91 Å². The third-order valence-corrected chi connectivity index (χ3v) is 2.57. The number of furan rings is 1. The number of carbonyl (C=O) groups is 1. The van der Waals surface area contributed by atoms with Gasteiger partial charge in [-0.2, -0.15) is 0 Å². The monoisotopic (exact) mass is 230 g/mol. The number of rotatable bonds is 3. The normalized spacial score (nSPS) is 10.2. The molecule has 0 saturated heterocycles. The summed E-state index contributed by atoms with van der Waals surface area (Å²) in [7, 11) is 0. The molecule has 2 rings (SSSR count). The molecule has 0 aliphatic rings. The van der Waals surface area contributed by atoms with E-state index in [1.54, 1.807) is 12.1 Å². The number of hydrogen-bond acceptors (Lipinski definition) is 3. The van der Waals surface area contributed by atoms with Crippen LogP contribution < -0.4 is 11.1 Å². The van der Waals surface area contributed by atoms with Gasteiger partial charge >= 0.3 is 0 Å². The minimum absolute atomic E-state index is 0.206. The average molecular weight is 230 g/mol. The third-order valence-electron chi connectivity index (χ3n) is 2.57. The Balaban J connectivity index is 2.14. The molecule has 0 unspecified atom stereocenters. The first-order valence-corrected chi connectivity index (χ1v) is 5.42. The van der Waals surface area contributed by atoms with Gasteiger partial charge in [-0.1, -0.05) is 13.0 Å². The molecule has 3 N–H and O–H groups in total. The van der Waals surface area contributed by atoms with Crippen molar-refractivity contribution in [3.05, 3.63) is 47.9 Å². The van der Waals surface area contributed by atoms with E-state index in [2.05, 4.69) is 5.32 Å². The molecule has 0 aliphatic heterocycles. The van der Waals surface area contributed by atoms with E-state index in [0.717, 1.165) is 12.0 Å². The molecule has 0 saturated carbocycles. The number of carbonyl (C=O) groups excluding carboxylic acids is 1. The lowest BCUT2D eigenvalue weighted by Crippen LogP contribution is -2.11. The van der Waals surface area contributed by atoms with Gasteiger partial charge in [0.15, 0.2) is 0 Å². The molecule has 0 radical (unpaired) electrons. The topological polar surface area (TPSA) is 68.3 Å². The maximum Gasteiger partial charge on any atom is 0.258 e. The Morgan fingerprint density at radius 1 is 1.41 bits per heavy atom. The van der Waals surface area contributed by atoms with Crippen molar-refractivity contribution in [2.75, 3.05) is 11.1 Å². The van der Waals surface area contributed by atoms with Crippen molar-refractivity contribution in [1.82, 2.24) is 0 Å². The number of aryl methyl sites for hydroxylation is 1. The molecule has 1 aromatic carbocycles. The van der Waals surface area contributed by atoms with Crippen molar-refractivity contribution >= 4 is 17.3 Å². The van der Waals surface area contributed by atoms with Gasteiger partial charge in [0.2, 0.25) is 0 Å². The van der Waals surface area contributed by atoms with E-state index >= 15 is 0 Å². The first-order valence-electron chi connectivity index (χ1n) is 5.42.